The van der Waals surface area contributed by atoms with Crippen LogP contribution in [0.1, 0.15) is 11.1 Å². The zero-order valence-corrected chi connectivity index (χ0v) is 11.5. The fraction of sp³-hybridized carbons (Fsp3) is 0.167. The lowest BCUT2D eigenvalue weighted by Crippen LogP contribution is -2.15. The van der Waals surface area contributed by atoms with Crippen molar-refractivity contribution < 1.29 is 8.42 Å². The molecule has 1 heterocycles. The molecule has 0 radical (unpaired) electrons. The van der Waals surface area contributed by atoms with Gasteiger partial charge in [-0.2, -0.15) is 11.3 Å². The molecule has 0 fully saturated rings. The molecule has 0 aliphatic rings. The number of thiophene rings is 1. The molecule has 0 aliphatic carbocycles. The third kappa shape index (κ3) is 2.90. The minimum atomic E-state index is -3.69. The van der Waals surface area contributed by atoms with E-state index in [-0.39, 0.29) is 4.90 Å². The lowest BCUT2D eigenvalue weighted by atomic mass is 10.2. The molecule has 0 aliphatic heterocycles. The minimum absolute atomic E-state index is 0.123. The molecule has 96 valence electrons. The fourth-order valence-corrected chi connectivity index (χ4v) is 3.19. The van der Waals surface area contributed by atoms with E-state index in [1.54, 1.807) is 29.5 Å². The standard InChI is InChI=1S/C12H14N2O2S2/c1-9-7-17-8-10(9)6-14-11-4-2-3-5-12(11)18(13,15)16/h2-5,7-8,14H,6H2,1H3,(H2,13,15,16). The van der Waals surface area contributed by atoms with Crippen LogP contribution in [0.3, 0.4) is 0 Å². The molecule has 18 heavy (non-hydrogen) atoms. The molecular weight excluding hydrogens is 268 g/mol. The summed E-state index contributed by atoms with van der Waals surface area (Å²) in [5.41, 5.74) is 2.88. The molecule has 0 spiro atoms. The van der Waals surface area contributed by atoms with Gasteiger partial charge in [-0.25, -0.2) is 13.6 Å². The van der Waals surface area contributed by atoms with E-state index in [1.165, 1.54) is 11.6 Å². The van der Waals surface area contributed by atoms with E-state index in [0.29, 0.717) is 12.2 Å². The summed E-state index contributed by atoms with van der Waals surface area (Å²) in [5.74, 6) is 0. The average molecular weight is 282 g/mol. The second-order valence-electron chi connectivity index (χ2n) is 3.97. The van der Waals surface area contributed by atoms with E-state index in [0.717, 1.165) is 5.56 Å². The Labute approximate surface area is 111 Å². The van der Waals surface area contributed by atoms with Gasteiger partial charge in [0.2, 0.25) is 10.0 Å². The molecule has 0 saturated heterocycles. The normalized spacial score (nSPS) is 11.4. The van der Waals surface area contributed by atoms with Crippen LogP contribution >= 0.6 is 11.3 Å². The molecule has 3 N–H and O–H groups in total. The Morgan fingerprint density at radius 1 is 1.28 bits per heavy atom. The number of benzene rings is 1. The number of aryl methyl sites for hydroxylation is 1. The van der Waals surface area contributed by atoms with Crippen LogP contribution in [0, 0.1) is 6.92 Å². The minimum Gasteiger partial charge on any atom is -0.380 e. The summed E-state index contributed by atoms with van der Waals surface area (Å²) in [6.45, 7) is 2.61. The summed E-state index contributed by atoms with van der Waals surface area (Å²) in [6, 6.07) is 6.64. The molecule has 0 bridgehead atoms. The number of nitrogens with two attached hydrogens (primary N) is 1. The Morgan fingerprint density at radius 3 is 2.61 bits per heavy atom. The van der Waals surface area contributed by atoms with Gasteiger partial charge in [-0.3, -0.25) is 0 Å². The largest absolute Gasteiger partial charge is 0.380 e. The zero-order valence-electron chi connectivity index (χ0n) is 9.88. The Kier molecular flexibility index (Phi) is 3.70. The van der Waals surface area contributed by atoms with Crippen molar-refractivity contribution in [1.82, 2.24) is 0 Å². The second kappa shape index (κ2) is 5.09. The van der Waals surface area contributed by atoms with E-state index >= 15 is 0 Å². The van der Waals surface area contributed by atoms with Crippen molar-refractivity contribution in [2.75, 3.05) is 5.32 Å². The van der Waals surface area contributed by atoms with Gasteiger partial charge in [0.15, 0.2) is 0 Å². The highest BCUT2D eigenvalue weighted by Crippen LogP contribution is 2.21. The van der Waals surface area contributed by atoms with Crippen LogP contribution in [0.15, 0.2) is 39.9 Å². The molecule has 2 rings (SSSR count). The summed E-state index contributed by atoms with van der Waals surface area (Å²) in [7, 11) is -3.69. The first-order valence-electron chi connectivity index (χ1n) is 5.36. The Balaban J connectivity index is 2.23. The molecule has 0 atom stereocenters. The van der Waals surface area contributed by atoms with E-state index < -0.39 is 10.0 Å². The Hall–Kier alpha value is -1.37. The SMILES string of the molecule is Cc1cscc1CNc1ccccc1S(N)(=O)=O. The lowest BCUT2D eigenvalue weighted by molar-refractivity contribution is 0.598. The summed E-state index contributed by atoms with van der Waals surface area (Å²) < 4.78 is 22.8. The number of anilines is 1. The smallest absolute Gasteiger partial charge is 0.240 e. The van der Waals surface area contributed by atoms with Gasteiger partial charge in [-0.1, -0.05) is 12.1 Å². The topological polar surface area (TPSA) is 72.2 Å². The first-order chi connectivity index (χ1) is 8.48. The second-order valence-corrected chi connectivity index (χ2v) is 6.25. The number of rotatable bonds is 4. The van der Waals surface area contributed by atoms with Crippen molar-refractivity contribution in [3.63, 3.8) is 0 Å². The van der Waals surface area contributed by atoms with Gasteiger partial charge in [-0.15, -0.1) is 0 Å². The van der Waals surface area contributed by atoms with Gasteiger partial charge in [-0.05, 0) is 40.9 Å². The van der Waals surface area contributed by atoms with Crippen molar-refractivity contribution in [2.45, 2.75) is 18.4 Å². The number of para-hydroxylation sites is 1. The van der Waals surface area contributed by atoms with E-state index in [2.05, 4.69) is 10.7 Å². The van der Waals surface area contributed by atoms with Gasteiger partial charge in [0, 0.05) is 6.54 Å². The number of hydrogen-bond acceptors (Lipinski definition) is 4. The highest BCUT2D eigenvalue weighted by molar-refractivity contribution is 7.89. The molecule has 0 saturated carbocycles. The fourth-order valence-electron chi connectivity index (χ4n) is 1.62. The van der Waals surface area contributed by atoms with Gasteiger partial charge >= 0.3 is 0 Å². The maximum atomic E-state index is 11.4. The van der Waals surface area contributed by atoms with Crippen LogP contribution in [-0.4, -0.2) is 8.42 Å². The molecule has 4 nitrogen and oxygen atoms in total. The number of sulfonamides is 1. The van der Waals surface area contributed by atoms with Crippen molar-refractivity contribution in [3.8, 4) is 0 Å². The van der Waals surface area contributed by atoms with Crippen molar-refractivity contribution >= 4 is 27.0 Å². The van der Waals surface area contributed by atoms with E-state index in [4.69, 9.17) is 5.14 Å². The van der Waals surface area contributed by atoms with Gasteiger partial charge in [0.05, 0.1) is 5.69 Å². The molecule has 0 amide bonds. The number of primary sulfonamides is 1. The van der Waals surface area contributed by atoms with Crippen molar-refractivity contribution in [3.05, 3.63) is 46.2 Å². The Bertz CT molecular complexity index is 648. The number of nitrogens with one attached hydrogen (secondary N) is 1. The molecule has 1 aromatic carbocycles. The zero-order chi connectivity index (χ0) is 13.2. The predicted octanol–water partition coefficient (Wildman–Crippen LogP) is 2.32. The summed E-state index contributed by atoms with van der Waals surface area (Å²) in [4.78, 5) is 0.123. The maximum absolute atomic E-state index is 11.4. The van der Waals surface area contributed by atoms with Gasteiger partial charge in [0.1, 0.15) is 4.90 Å². The van der Waals surface area contributed by atoms with Crippen LogP contribution in [0.5, 0.6) is 0 Å². The first kappa shape index (κ1) is 13.1. The van der Waals surface area contributed by atoms with Crippen LogP contribution < -0.4 is 10.5 Å². The van der Waals surface area contributed by atoms with Crippen molar-refractivity contribution in [1.29, 1.82) is 0 Å². The maximum Gasteiger partial charge on any atom is 0.240 e. The monoisotopic (exact) mass is 282 g/mol. The number of hydrogen-bond donors (Lipinski definition) is 2. The van der Waals surface area contributed by atoms with Crippen LogP contribution in [0.4, 0.5) is 5.69 Å². The third-order valence-corrected chi connectivity index (χ3v) is 4.50. The molecule has 0 unspecified atom stereocenters. The summed E-state index contributed by atoms with van der Waals surface area (Å²) >= 11 is 1.63. The van der Waals surface area contributed by atoms with Crippen LogP contribution in [0.25, 0.3) is 0 Å². The highest BCUT2D eigenvalue weighted by atomic mass is 32.2. The van der Waals surface area contributed by atoms with Gasteiger partial charge < -0.3 is 5.32 Å². The van der Waals surface area contributed by atoms with E-state index in [9.17, 15) is 8.42 Å². The predicted molar refractivity (Wildman–Crippen MR) is 74.2 cm³/mol. The highest BCUT2D eigenvalue weighted by Gasteiger charge is 2.12. The van der Waals surface area contributed by atoms with Crippen LogP contribution in [0.2, 0.25) is 0 Å². The lowest BCUT2D eigenvalue weighted by Gasteiger charge is -2.10. The Morgan fingerprint density at radius 2 is 2.00 bits per heavy atom. The average Bonchev–Trinajstić information content (AvgIpc) is 2.71. The third-order valence-electron chi connectivity index (χ3n) is 2.62. The molecule has 6 heteroatoms. The van der Waals surface area contributed by atoms with Crippen LogP contribution in [-0.2, 0) is 16.6 Å². The quantitative estimate of drug-likeness (QED) is 0.904. The van der Waals surface area contributed by atoms with Crippen molar-refractivity contribution in [2.24, 2.45) is 5.14 Å². The molecule has 1 aromatic heterocycles. The molecular formula is C12H14N2O2S2. The first-order valence-corrected chi connectivity index (χ1v) is 7.85. The summed E-state index contributed by atoms with van der Waals surface area (Å²) in [5, 5.41) is 12.4. The summed E-state index contributed by atoms with van der Waals surface area (Å²) in [6.07, 6.45) is 0. The molecule has 2 aromatic rings. The van der Waals surface area contributed by atoms with E-state index in [1.807, 2.05) is 12.3 Å². The van der Waals surface area contributed by atoms with Gasteiger partial charge in [0.25, 0.3) is 0 Å².